The molecule has 3 nitrogen and oxygen atoms in total. The van der Waals surface area contributed by atoms with Gasteiger partial charge in [0.15, 0.2) is 17.5 Å². The van der Waals surface area contributed by atoms with Crippen LogP contribution in [0.4, 0.5) is 0 Å². The van der Waals surface area contributed by atoms with Crippen molar-refractivity contribution in [2.45, 2.75) is 25.7 Å². The van der Waals surface area contributed by atoms with Gasteiger partial charge >= 0.3 is 0 Å². The molecule has 0 atom stereocenters. The molecule has 0 radical (unpaired) electrons. The Morgan fingerprint density at radius 2 is 0.827 bits per heavy atom. The molecule has 0 N–H and O–H groups in total. The van der Waals surface area contributed by atoms with E-state index >= 15 is 0 Å². The first-order valence-corrected chi connectivity index (χ1v) is 18.0. The predicted octanol–water partition coefficient (Wildman–Crippen LogP) is 12.1. The quantitative estimate of drug-likeness (QED) is 0.184. The number of hydrogen-bond donors (Lipinski definition) is 0. The Labute approximate surface area is 304 Å². The van der Waals surface area contributed by atoms with Gasteiger partial charge in [-0.1, -0.05) is 172 Å². The van der Waals surface area contributed by atoms with Gasteiger partial charge in [0.25, 0.3) is 0 Å². The molecule has 52 heavy (non-hydrogen) atoms. The lowest BCUT2D eigenvalue weighted by molar-refractivity contribution is 0.660. The van der Waals surface area contributed by atoms with Crippen LogP contribution in [0.1, 0.15) is 36.1 Å². The molecule has 0 aliphatic heterocycles. The molecule has 0 saturated carbocycles. The van der Waals surface area contributed by atoms with Gasteiger partial charge in [-0.3, -0.25) is 0 Å². The highest BCUT2D eigenvalue weighted by molar-refractivity contribution is 5.89. The Balaban J connectivity index is 1.08. The fraction of sp³-hybridized carbons (Fsp3) is 0.0816. The van der Waals surface area contributed by atoms with Crippen molar-refractivity contribution in [3.8, 4) is 78.7 Å². The van der Waals surface area contributed by atoms with Crippen molar-refractivity contribution in [3.63, 3.8) is 0 Å². The average molecular weight is 666 g/mol. The van der Waals surface area contributed by atoms with E-state index in [-0.39, 0.29) is 5.41 Å². The minimum atomic E-state index is -0.119. The third kappa shape index (κ3) is 4.85. The van der Waals surface area contributed by atoms with E-state index in [0.717, 1.165) is 23.1 Å². The van der Waals surface area contributed by atoms with Crippen molar-refractivity contribution in [3.05, 3.63) is 186 Å². The van der Waals surface area contributed by atoms with Crippen LogP contribution in [0.15, 0.2) is 164 Å². The largest absolute Gasteiger partial charge is 0.208 e. The number of benzene rings is 7. The van der Waals surface area contributed by atoms with E-state index in [1.807, 2.05) is 18.2 Å². The summed E-state index contributed by atoms with van der Waals surface area (Å²) in [6.45, 7) is 4.62. The van der Waals surface area contributed by atoms with Crippen molar-refractivity contribution >= 4 is 0 Å². The highest BCUT2D eigenvalue weighted by Crippen LogP contribution is 2.50. The summed E-state index contributed by atoms with van der Waals surface area (Å²) in [5.74, 6) is 2.06. The molecule has 7 aromatic carbocycles. The Morgan fingerprint density at radius 3 is 1.56 bits per heavy atom. The van der Waals surface area contributed by atoms with Gasteiger partial charge in [0.05, 0.1) is 0 Å². The molecular weight excluding hydrogens is 631 g/mol. The van der Waals surface area contributed by atoms with Crippen LogP contribution in [0, 0.1) is 0 Å². The Kier molecular flexibility index (Phi) is 6.91. The van der Waals surface area contributed by atoms with Crippen LogP contribution in [-0.2, 0) is 11.8 Å². The molecule has 2 aliphatic rings. The van der Waals surface area contributed by atoms with Crippen LogP contribution in [0.2, 0.25) is 0 Å². The molecule has 10 rings (SSSR count). The van der Waals surface area contributed by atoms with Gasteiger partial charge in [-0.2, -0.15) is 0 Å². The van der Waals surface area contributed by atoms with E-state index in [1.54, 1.807) is 0 Å². The molecule has 0 fully saturated rings. The maximum absolute atomic E-state index is 5.26. The summed E-state index contributed by atoms with van der Waals surface area (Å²) in [5.41, 5.74) is 18.2. The first-order chi connectivity index (χ1) is 25.5. The van der Waals surface area contributed by atoms with E-state index in [0.29, 0.717) is 17.5 Å². The van der Waals surface area contributed by atoms with Gasteiger partial charge in [0, 0.05) is 28.5 Å². The van der Waals surface area contributed by atoms with E-state index in [1.165, 1.54) is 66.8 Å². The molecule has 0 unspecified atom stereocenters. The maximum atomic E-state index is 5.26. The van der Waals surface area contributed by atoms with Crippen LogP contribution in [0.5, 0.6) is 0 Å². The number of hydrogen-bond acceptors (Lipinski definition) is 3. The molecule has 0 saturated heterocycles. The minimum absolute atomic E-state index is 0.119. The summed E-state index contributed by atoms with van der Waals surface area (Å²) in [4.78, 5) is 15.5. The van der Waals surface area contributed by atoms with Gasteiger partial charge < -0.3 is 0 Å². The molecule has 0 bridgehead atoms. The van der Waals surface area contributed by atoms with Crippen LogP contribution >= 0.6 is 0 Å². The zero-order valence-corrected chi connectivity index (χ0v) is 29.1. The zero-order chi connectivity index (χ0) is 34.8. The summed E-state index contributed by atoms with van der Waals surface area (Å²) in [6.07, 6.45) is 0.810. The summed E-state index contributed by atoms with van der Waals surface area (Å²) in [7, 11) is 0. The summed E-state index contributed by atoms with van der Waals surface area (Å²) in [6, 6.07) is 58.5. The molecular formula is C49H35N3. The predicted molar refractivity (Wildman–Crippen MR) is 213 cm³/mol. The first-order valence-electron chi connectivity index (χ1n) is 18.0. The average Bonchev–Trinajstić information content (AvgIpc) is 3.70. The van der Waals surface area contributed by atoms with Crippen LogP contribution in [0.25, 0.3) is 78.7 Å². The summed E-state index contributed by atoms with van der Waals surface area (Å²) < 4.78 is 0. The lowest BCUT2D eigenvalue weighted by Crippen LogP contribution is -2.15. The third-order valence-electron chi connectivity index (χ3n) is 11.0. The molecule has 246 valence electrons. The van der Waals surface area contributed by atoms with Crippen molar-refractivity contribution in [2.75, 3.05) is 0 Å². The number of fused-ring (bicyclic) bond motifs is 6. The van der Waals surface area contributed by atoms with Gasteiger partial charge in [0.2, 0.25) is 0 Å². The highest BCUT2D eigenvalue weighted by Gasteiger charge is 2.35. The highest BCUT2D eigenvalue weighted by atomic mass is 15.0. The van der Waals surface area contributed by atoms with Crippen molar-refractivity contribution in [1.29, 1.82) is 0 Å². The Morgan fingerprint density at radius 1 is 0.346 bits per heavy atom. The Hall–Kier alpha value is -6.45. The standard InChI is InChI=1S/C49H35N3/c1-49(2)44-22-10-9-17-39(44)40-28-27-35(29-45(40)49)47-50-46(34-15-7-4-8-16-34)51-48(52-47)41-21-12-20-38-37-19-11-18-36(42(37)30-43(38)41)33-25-23-32(24-26-33)31-13-5-3-6-14-31/h3-29H,30H2,1-2H3. The van der Waals surface area contributed by atoms with Gasteiger partial charge in [0.1, 0.15) is 0 Å². The van der Waals surface area contributed by atoms with E-state index < -0.39 is 0 Å². The SMILES string of the molecule is CC1(C)c2ccccc2-c2ccc(-c3nc(-c4ccccc4)nc(-c4cccc5c4Cc4c(-c6ccc(-c7ccccc7)cc6)cccc4-5)n3)cc21. The van der Waals surface area contributed by atoms with E-state index in [4.69, 9.17) is 15.0 Å². The number of rotatable bonds is 5. The lowest BCUT2D eigenvalue weighted by Gasteiger charge is -2.21. The fourth-order valence-corrected chi connectivity index (χ4v) is 8.37. The van der Waals surface area contributed by atoms with E-state index in [2.05, 4.69) is 159 Å². The second kappa shape index (κ2) is 11.8. The first kappa shape index (κ1) is 30.4. The van der Waals surface area contributed by atoms with Gasteiger partial charge in [-0.05, 0) is 72.8 Å². The normalized spacial score (nSPS) is 13.3. The number of nitrogens with zero attached hydrogens (tertiary/aromatic N) is 3. The summed E-state index contributed by atoms with van der Waals surface area (Å²) >= 11 is 0. The number of aromatic nitrogens is 3. The van der Waals surface area contributed by atoms with Crippen LogP contribution in [-0.4, -0.2) is 15.0 Å². The summed E-state index contributed by atoms with van der Waals surface area (Å²) in [5, 5.41) is 0. The monoisotopic (exact) mass is 665 g/mol. The molecule has 0 spiro atoms. The van der Waals surface area contributed by atoms with Crippen LogP contribution < -0.4 is 0 Å². The molecule has 2 aliphatic carbocycles. The van der Waals surface area contributed by atoms with E-state index in [9.17, 15) is 0 Å². The van der Waals surface area contributed by atoms with Gasteiger partial charge in [-0.15, -0.1) is 0 Å². The molecule has 1 aromatic heterocycles. The second-order valence-corrected chi connectivity index (χ2v) is 14.4. The molecule has 1 heterocycles. The van der Waals surface area contributed by atoms with Crippen molar-refractivity contribution in [1.82, 2.24) is 15.0 Å². The molecule has 8 aromatic rings. The van der Waals surface area contributed by atoms with Crippen molar-refractivity contribution < 1.29 is 0 Å². The Bertz CT molecular complexity index is 2660. The van der Waals surface area contributed by atoms with Crippen LogP contribution in [0.3, 0.4) is 0 Å². The topological polar surface area (TPSA) is 38.7 Å². The van der Waals surface area contributed by atoms with Crippen molar-refractivity contribution in [2.24, 2.45) is 0 Å². The third-order valence-corrected chi connectivity index (χ3v) is 11.0. The minimum Gasteiger partial charge on any atom is -0.208 e. The second-order valence-electron chi connectivity index (χ2n) is 14.4. The fourth-order valence-electron chi connectivity index (χ4n) is 8.37. The smallest absolute Gasteiger partial charge is 0.164 e. The maximum Gasteiger partial charge on any atom is 0.164 e. The van der Waals surface area contributed by atoms with Gasteiger partial charge in [-0.25, -0.2) is 15.0 Å². The molecule has 3 heteroatoms. The molecule has 0 amide bonds. The lowest BCUT2D eigenvalue weighted by atomic mass is 9.82. The zero-order valence-electron chi connectivity index (χ0n) is 29.1.